The molecule has 0 saturated carbocycles. The van der Waals surface area contributed by atoms with Gasteiger partial charge in [0.2, 0.25) is 0 Å². The van der Waals surface area contributed by atoms with Gasteiger partial charge in [0.1, 0.15) is 15.9 Å². The molecule has 2 aromatic heterocycles. The molecular formula is C13H13N5OS. The number of thiophene rings is 1. The zero-order valence-corrected chi connectivity index (χ0v) is 11.6. The highest BCUT2D eigenvalue weighted by Crippen LogP contribution is 2.37. The number of rotatable bonds is 4. The van der Waals surface area contributed by atoms with Crippen LogP contribution in [0.5, 0.6) is 0 Å². The minimum absolute atomic E-state index is 0.146. The Morgan fingerprint density at radius 2 is 2.30 bits per heavy atom. The van der Waals surface area contributed by atoms with Crippen LogP contribution in [0, 0.1) is 11.3 Å². The van der Waals surface area contributed by atoms with Gasteiger partial charge in [-0.1, -0.05) is 6.07 Å². The third kappa shape index (κ3) is 2.55. The molecule has 7 heteroatoms. The van der Waals surface area contributed by atoms with Crippen LogP contribution in [0.3, 0.4) is 0 Å². The van der Waals surface area contributed by atoms with Crippen molar-refractivity contribution in [3.8, 4) is 6.07 Å². The Morgan fingerprint density at radius 1 is 1.55 bits per heavy atom. The number of amides is 1. The van der Waals surface area contributed by atoms with Gasteiger partial charge < -0.3 is 16.4 Å². The van der Waals surface area contributed by atoms with E-state index in [1.165, 1.54) is 0 Å². The molecule has 0 atom stereocenters. The van der Waals surface area contributed by atoms with E-state index in [0.29, 0.717) is 16.4 Å². The first-order valence-electron chi connectivity index (χ1n) is 5.77. The van der Waals surface area contributed by atoms with Gasteiger partial charge in [0.25, 0.3) is 5.91 Å². The molecule has 0 aliphatic rings. The number of nitrogens with two attached hydrogens (primary N) is 2. The fourth-order valence-corrected chi connectivity index (χ4v) is 2.81. The average molecular weight is 287 g/mol. The fraction of sp³-hybridized carbons (Fsp3) is 0.154. The highest BCUT2D eigenvalue weighted by Gasteiger charge is 2.22. The molecule has 0 radical (unpaired) electrons. The fourth-order valence-electron chi connectivity index (χ4n) is 1.83. The molecule has 4 N–H and O–H groups in total. The van der Waals surface area contributed by atoms with E-state index in [1.807, 2.05) is 29.2 Å². The molecule has 0 fully saturated rings. The Hall–Kier alpha value is -2.59. The first-order valence-corrected chi connectivity index (χ1v) is 6.59. The van der Waals surface area contributed by atoms with Crippen LogP contribution < -0.4 is 16.4 Å². The summed E-state index contributed by atoms with van der Waals surface area (Å²) >= 11 is 1.15. The lowest BCUT2D eigenvalue weighted by atomic mass is 10.2. The van der Waals surface area contributed by atoms with Crippen LogP contribution in [0.15, 0.2) is 24.4 Å². The summed E-state index contributed by atoms with van der Waals surface area (Å²) in [4.78, 5) is 17.8. The van der Waals surface area contributed by atoms with Crippen molar-refractivity contribution in [2.45, 2.75) is 6.54 Å². The minimum atomic E-state index is -0.636. The maximum Gasteiger partial charge on any atom is 0.253 e. The van der Waals surface area contributed by atoms with Crippen LogP contribution in [0.4, 0.5) is 10.7 Å². The zero-order chi connectivity index (χ0) is 14.7. The van der Waals surface area contributed by atoms with Crippen LogP contribution in [-0.2, 0) is 6.54 Å². The van der Waals surface area contributed by atoms with Crippen molar-refractivity contribution < 1.29 is 4.79 Å². The summed E-state index contributed by atoms with van der Waals surface area (Å²) < 4.78 is 0. The van der Waals surface area contributed by atoms with E-state index < -0.39 is 5.91 Å². The number of aromatic nitrogens is 1. The van der Waals surface area contributed by atoms with E-state index in [4.69, 9.17) is 16.7 Å². The number of pyridine rings is 1. The highest BCUT2D eigenvalue weighted by atomic mass is 32.1. The standard InChI is InChI=1S/C13H13N5OS/c1-18(7-8-4-2-3-5-17-8)13-10(12(16)19)11(15)9(6-14)20-13/h2-5H,7,15H2,1H3,(H2,16,19). The van der Waals surface area contributed by atoms with E-state index in [-0.39, 0.29) is 11.3 Å². The molecule has 0 aliphatic heterocycles. The minimum Gasteiger partial charge on any atom is -0.396 e. The number of carbonyl (C=O) groups is 1. The van der Waals surface area contributed by atoms with Crippen LogP contribution in [0.25, 0.3) is 0 Å². The van der Waals surface area contributed by atoms with Crippen molar-refractivity contribution in [1.29, 1.82) is 5.26 Å². The number of primary amides is 1. The van der Waals surface area contributed by atoms with Gasteiger partial charge >= 0.3 is 0 Å². The Labute approximate surface area is 120 Å². The molecule has 20 heavy (non-hydrogen) atoms. The van der Waals surface area contributed by atoms with Crippen molar-refractivity contribution in [3.63, 3.8) is 0 Å². The summed E-state index contributed by atoms with van der Waals surface area (Å²) in [7, 11) is 1.80. The van der Waals surface area contributed by atoms with Crippen molar-refractivity contribution in [2.75, 3.05) is 17.7 Å². The quantitative estimate of drug-likeness (QED) is 0.881. The molecular weight excluding hydrogens is 274 g/mol. The SMILES string of the molecule is CN(Cc1ccccn1)c1sc(C#N)c(N)c1C(N)=O. The van der Waals surface area contributed by atoms with Crippen LogP contribution in [0.2, 0.25) is 0 Å². The van der Waals surface area contributed by atoms with Crippen LogP contribution >= 0.6 is 11.3 Å². The summed E-state index contributed by atoms with van der Waals surface area (Å²) in [5.74, 6) is -0.636. The highest BCUT2D eigenvalue weighted by molar-refractivity contribution is 7.17. The first-order chi connectivity index (χ1) is 9.54. The topological polar surface area (TPSA) is 109 Å². The van der Waals surface area contributed by atoms with Crippen molar-refractivity contribution in [2.24, 2.45) is 5.73 Å². The molecule has 0 aromatic carbocycles. The van der Waals surface area contributed by atoms with Gasteiger partial charge in [-0.2, -0.15) is 5.26 Å². The van der Waals surface area contributed by atoms with E-state index in [9.17, 15) is 4.79 Å². The predicted molar refractivity (Wildman–Crippen MR) is 78.3 cm³/mol. The van der Waals surface area contributed by atoms with Gasteiger partial charge in [-0.15, -0.1) is 11.3 Å². The molecule has 6 nitrogen and oxygen atoms in total. The van der Waals surface area contributed by atoms with Gasteiger partial charge in [-0.05, 0) is 12.1 Å². The molecule has 2 aromatic rings. The smallest absolute Gasteiger partial charge is 0.253 e. The predicted octanol–water partition coefficient (Wildman–Crippen LogP) is 1.33. The van der Waals surface area contributed by atoms with Crippen molar-refractivity contribution >= 4 is 27.9 Å². The van der Waals surface area contributed by atoms with Crippen molar-refractivity contribution in [1.82, 2.24) is 4.98 Å². The third-order valence-corrected chi connectivity index (χ3v) is 3.97. The van der Waals surface area contributed by atoms with Gasteiger partial charge in [-0.25, -0.2) is 0 Å². The number of hydrogen-bond donors (Lipinski definition) is 2. The number of anilines is 2. The van der Waals surface area contributed by atoms with Gasteiger partial charge in [0.05, 0.1) is 23.5 Å². The van der Waals surface area contributed by atoms with Crippen LogP contribution in [0.1, 0.15) is 20.9 Å². The average Bonchev–Trinajstić information content (AvgIpc) is 2.77. The summed E-state index contributed by atoms with van der Waals surface area (Å²) in [5, 5.41) is 9.59. The number of carbonyl (C=O) groups excluding carboxylic acids is 1. The maximum absolute atomic E-state index is 11.5. The van der Waals surface area contributed by atoms with E-state index in [0.717, 1.165) is 17.0 Å². The number of hydrogen-bond acceptors (Lipinski definition) is 6. The second kappa shape index (κ2) is 5.59. The van der Waals surface area contributed by atoms with Crippen molar-refractivity contribution in [3.05, 3.63) is 40.5 Å². The number of nitrogen functional groups attached to an aromatic ring is 1. The molecule has 0 bridgehead atoms. The third-order valence-electron chi connectivity index (χ3n) is 2.75. The lowest BCUT2D eigenvalue weighted by molar-refractivity contribution is 0.100. The molecule has 2 rings (SSSR count). The summed E-state index contributed by atoms with van der Waals surface area (Å²) in [6.07, 6.45) is 1.70. The van der Waals surface area contributed by atoms with Gasteiger partial charge in [0.15, 0.2) is 0 Å². The van der Waals surface area contributed by atoms with E-state index in [1.54, 1.807) is 13.2 Å². The van der Waals surface area contributed by atoms with E-state index >= 15 is 0 Å². The zero-order valence-electron chi connectivity index (χ0n) is 10.8. The number of nitrogens with zero attached hydrogens (tertiary/aromatic N) is 3. The summed E-state index contributed by atoms with van der Waals surface area (Å²) in [6, 6.07) is 7.56. The van der Waals surface area contributed by atoms with Crippen LogP contribution in [-0.4, -0.2) is 17.9 Å². The lowest BCUT2D eigenvalue weighted by Gasteiger charge is -2.17. The molecule has 0 saturated heterocycles. The second-order valence-corrected chi connectivity index (χ2v) is 5.18. The summed E-state index contributed by atoms with van der Waals surface area (Å²) in [5.41, 5.74) is 12.3. The van der Waals surface area contributed by atoms with Gasteiger partial charge in [-0.3, -0.25) is 9.78 Å². The normalized spacial score (nSPS) is 10.0. The second-order valence-electron chi connectivity index (χ2n) is 4.18. The largest absolute Gasteiger partial charge is 0.396 e. The molecule has 102 valence electrons. The Kier molecular flexibility index (Phi) is 3.86. The molecule has 0 unspecified atom stereocenters. The monoisotopic (exact) mass is 287 g/mol. The Bertz CT molecular complexity index is 674. The van der Waals surface area contributed by atoms with E-state index in [2.05, 4.69) is 4.98 Å². The molecule has 0 spiro atoms. The lowest BCUT2D eigenvalue weighted by Crippen LogP contribution is -2.21. The van der Waals surface area contributed by atoms with Gasteiger partial charge in [0, 0.05) is 13.2 Å². The Balaban J connectivity index is 2.37. The number of nitriles is 1. The molecule has 1 amide bonds. The first kappa shape index (κ1) is 13.8. The Morgan fingerprint density at radius 3 is 2.85 bits per heavy atom. The summed E-state index contributed by atoms with van der Waals surface area (Å²) in [6.45, 7) is 0.492. The molecule has 2 heterocycles. The maximum atomic E-state index is 11.5. The molecule has 0 aliphatic carbocycles.